The van der Waals surface area contributed by atoms with Crippen LogP contribution in [0.4, 0.5) is 0 Å². The van der Waals surface area contributed by atoms with Crippen molar-refractivity contribution >= 4 is 26.0 Å². The molecule has 7 heteroatoms. The molecule has 0 heterocycles. The van der Waals surface area contributed by atoms with Crippen molar-refractivity contribution < 1.29 is 13.2 Å². The molecule has 0 fully saturated rings. The lowest BCUT2D eigenvalue weighted by Gasteiger charge is -2.21. The maximum atomic E-state index is 12.3. The van der Waals surface area contributed by atoms with E-state index in [0.29, 0.717) is 23.2 Å². The average molecular weight is 361 g/mol. The van der Waals surface area contributed by atoms with E-state index in [1.165, 1.54) is 12.1 Å². The van der Waals surface area contributed by atoms with Gasteiger partial charge in [0, 0.05) is 0 Å². The average Bonchev–Trinajstić information content (AvgIpc) is 2.40. The van der Waals surface area contributed by atoms with Crippen LogP contribution >= 0.6 is 15.9 Å². The number of hydrogen-bond acceptors (Lipinski definition) is 4. The molecule has 1 aromatic rings. The van der Waals surface area contributed by atoms with E-state index < -0.39 is 15.6 Å². The maximum absolute atomic E-state index is 12.3. The van der Waals surface area contributed by atoms with Gasteiger partial charge in [-0.15, -0.1) is 0 Å². The van der Waals surface area contributed by atoms with Crippen LogP contribution in [0, 0.1) is 11.3 Å². The number of nitrogens with one attached hydrogen (secondary N) is 1. The van der Waals surface area contributed by atoms with E-state index in [1.807, 2.05) is 13.0 Å². The highest BCUT2D eigenvalue weighted by Gasteiger charge is 2.29. The fourth-order valence-electron chi connectivity index (χ4n) is 1.45. The largest absolute Gasteiger partial charge is 0.493 e. The van der Waals surface area contributed by atoms with Gasteiger partial charge in [0.15, 0.2) is 0 Å². The molecule has 1 rings (SSSR count). The van der Waals surface area contributed by atoms with E-state index in [9.17, 15) is 8.42 Å². The van der Waals surface area contributed by atoms with Crippen molar-refractivity contribution in [3.63, 3.8) is 0 Å². The number of nitriles is 1. The maximum Gasteiger partial charge on any atom is 0.241 e. The van der Waals surface area contributed by atoms with Gasteiger partial charge < -0.3 is 4.74 Å². The number of nitrogens with zero attached hydrogens (tertiary/aromatic N) is 1. The summed E-state index contributed by atoms with van der Waals surface area (Å²) in [6.45, 7) is 5.64. The van der Waals surface area contributed by atoms with Gasteiger partial charge in [0.05, 0.1) is 22.0 Å². The van der Waals surface area contributed by atoms with Gasteiger partial charge in [-0.1, -0.05) is 6.92 Å². The van der Waals surface area contributed by atoms with Crippen molar-refractivity contribution in [2.75, 3.05) is 6.61 Å². The monoisotopic (exact) mass is 360 g/mol. The van der Waals surface area contributed by atoms with Gasteiger partial charge in [0.2, 0.25) is 10.0 Å². The molecule has 0 aliphatic heterocycles. The standard InChI is InChI=1S/C13H17BrN2O3S/c1-4-13(3,9-15)16-20(17,18)10-6-7-12(19-5-2)11(14)8-10/h6-8,16H,4-5H2,1-3H3/t13-/m1/s1. The van der Waals surface area contributed by atoms with Gasteiger partial charge in [0.1, 0.15) is 11.3 Å². The Bertz CT molecular complexity index is 625. The Kier molecular flexibility index (Phi) is 5.57. The molecular formula is C13H17BrN2O3S. The number of rotatable bonds is 6. The minimum Gasteiger partial charge on any atom is -0.493 e. The minimum absolute atomic E-state index is 0.0859. The van der Waals surface area contributed by atoms with Crippen LogP contribution in [0.1, 0.15) is 27.2 Å². The van der Waals surface area contributed by atoms with E-state index in [-0.39, 0.29) is 4.90 Å². The second-order valence-corrected chi connectivity index (χ2v) is 6.96. The van der Waals surface area contributed by atoms with Crippen LogP contribution in [0.2, 0.25) is 0 Å². The van der Waals surface area contributed by atoms with Crippen molar-refractivity contribution in [2.45, 2.75) is 37.6 Å². The summed E-state index contributed by atoms with van der Waals surface area (Å²) in [6.07, 6.45) is 0.376. The fourth-order valence-corrected chi connectivity index (χ4v) is 3.52. The third-order valence-corrected chi connectivity index (χ3v) is 5.04. The van der Waals surface area contributed by atoms with E-state index >= 15 is 0 Å². The van der Waals surface area contributed by atoms with Crippen LogP contribution in [-0.4, -0.2) is 20.6 Å². The summed E-state index contributed by atoms with van der Waals surface area (Å²) in [5.74, 6) is 0.574. The molecular weight excluding hydrogens is 344 g/mol. The Morgan fingerprint density at radius 3 is 2.55 bits per heavy atom. The Labute approximate surface area is 128 Å². The minimum atomic E-state index is -3.75. The normalized spacial score (nSPS) is 14.3. The fraction of sp³-hybridized carbons (Fsp3) is 0.462. The zero-order chi connectivity index (χ0) is 15.4. The Balaban J connectivity index is 3.11. The Hall–Kier alpha value is -1.10. The number of hydrogen-bond donors (Lipinski definition) is 1. The molecule has 0 spiro atoms. The van der Waals surface area contributed by atoms with Crippen LogP contribution in [-0.2, 0) is 10.0 Å². The topological polar surface area (TPSA) is 79.2 Å². The molecule has 0 aliphatic rings. The summed E-state index contributed by atoms with van der Waals surface area (Å²) < 4.78 is 32.8. The van der Waals surface area contributed by atoms with Crippen LogP contribution < -0.4 is 9.46 Å². The van der Waals surface area contributed by atoms with Gasteiger partial charge in [-0.05, 0) is 54.4 Å². The SMILES string of the molecule is CCOc1ccc(S(=O)(=O)N[C@@](C)(C#N)CC)cc1Br. The first-order valence-electron chi connectivity index (χ1n) is 6.15. The van der Waals surface area contributed by atoms with Gasteiger partial charge >= 0.3 is 0 Å². The van der Waals surface area contributed by atoms with Gasteiger partial charge in [-0.25, -0.2) is 8.42 Å². The molecule has 0 aromatic heterocycles. The highest BCUT2D eigenvalue weighted by Crippen LogP contribution is 2.28. The van der Waals surface area contributed by atoms with Crippen LogP contribution in [0.5, 0.6) is 5.75 Å². The first kappa shape index (κ1) is 17.0. The first-order valence-corrected chi connectivity index (χ1v) is 8.43. The molecule has 1 atom stereocenters. The van der Waals surface area contributed by atoms with Crippen molar-refractivity contribution in [2.24, 2.45) is 0 Å². The molecule has 110 valence electrons. The highest BCUT2D eigenvalue weighted by molar-refractivity contribution is 9.10. The molecule has 0 aliphatic carbocycles. The van der Waals surface area contributed by atoms with Crippen LogP contribution in [0.3, 0.4) is 0 Å². The lowest BCUT2D eigenvalue weighted by Crippen LogP contribution is -2.44. The van der Waals surface area contributed by atoms with Crippen molar-refractivity contribution in [1.29, 1.82) is 5.26 Å². The summed E-state index contributed by atoms with van der Waals surface area (Å²) in [7, 11) is -3.75. The molecule has 5 nitrogen and oxygen atoms in total. The number of sulfonamides is 1. The first-order chi connectivity index (χ1) is 9.28. The summed E-state index contributed by atoms with van der Waals surface area (Å²) in [6, 6.07) is 6.46. The van der Waals surface area contributed by atoms with Crippen LogP contribution in [0.15, 0.2) is 27.6 Å². The second-order valence-electron chi connectivity index (χ2n) is 4.43. The van der Waals surface area contributed by atoms with Gasteiger partial charge in [-0.3, -0.25) is 0 Å². The zero-order valence-corrected chi connectivity index (χ0v) is 14.0. The molecule has 0 saturated heterocycles. The molecule has 0 unspecified atom stereocenters. The lowest BCUT2D eigenvalue weighted by molar-refractivity contribution is 0.338. The Morgan fingerprint density at radius 1 is 1.45 bits per heavy atom. The van der Waals surface area contributed by atoms with E-state index in [4.69, 9.17) is 10.00 Å². The molecule has 1 aromatic carbocycles. The van der Waals surface area contributed by atoms with Gasteiger partial charge in [-0.2, -0.15) is 9.98 Å². The predicted octanol–water partition coefficient (Wildman–Crippen LogP) is 2.82. The number of benzene rings is 1. The van der Waals surface area contributed by atoms with E-state index in [0.717, 1.165) is 0 Å². The van der Waals surface area contributed by atoms with Crippen molar-refractivity contribution in [1.82, 2.24) is 4.72 Å². The third kappa shape index (κ3) is 3.95. The molecule has 0 amide bonds. The third-order valence-electron chi connectivity index (χ3n) is 2.83. The van der Waals surface area contributed by atoms with E-state index in [1.54, 1.807) is 19.9 Å². The number of ether oxygens (including phenoxy) is 1. The molecule has 0 radical (unpaired) electrons. The summed E-state index contributed by atoms with van der Waals surface area (Å²) in [5, 5.41) is 9.06. The summed E-state index contributed by atoms with van der Waals surface area (Å²) >= 11 is 3.27. The molecule has 0 bridgehead atoms. The zero-order valence-electron chi connectivity index (χ0n) is 11.6. The quantitative estimate of drug-likeness (QED) is 0.845. The predicted molar refractivity (Wildman–Crippen MR) is 79.9 cm³/mol. The lowest BCUT2D eigenvalue weighted by atomic mass is 10.0. The number of halogens is 1. The highest BCUT2D eigenvalue weighted by atomic mass is 79.9. The molecule has 20 heavy (non-hydrogen) atoms. The summed E-state index contributed by atoms with van der Waals surface area (Å²) in [5.41, 5.74) is -1.12. The van der Waals surface area contributed by atoms with Crippen molar-refractivity contribution in [3.8, 4) is 11.8 Å². The molecule has 0 saturated carbocycles. The second kappa shape index (κ2) is 6.57. The van der Waals surface area contributed by atoms with E-state index in [2.05, 4.69) is 20.7 Å². The molecule has 1 N–H and O–H groups in total. The Morgan fingerprint density at radius 2 is 2.10 bits per heavy atom. The van der Waals surface area contributed by atoms with Gasteiger partial charge in [0.25, 0.3) is 0 Å². The van der Waals surface area contributed by atoms with Crippen LogP contribution in [0.25, 0.3) is 0 Å². The summed E-state index contributed by atoms with van der Waals surface area (Å²) in [4.78, 5) is 0.0859. The smallest absolute Gasteiger partial charge is 0.241 e. The van der Waals surface area contributed by atoms with Crippen molar-refractivity contribution in [3.05, 3.63) is 22.7 Å².